The Morgan fingerprint density at radius 1 is 1.17 bits per heavy atom. The molecule has 0 radical (unpaired) electrons. The summed E-state index contributed by atoms with van der Waals surface area (Å²) in [6.07, 6.45) is 1.08. The predicted octanol–water partition coefficient (Wildman–Crippen LogP) is 4.01. The van der Waals surface area contributed by atoms with Gasteiger partial charge in [-0.1, -0.05) is 29.3 Å². The van der Waals surface area contributed by atoms with E-state index in [0.29, 0.717) is 11.4 Å². The van der Waals surface area contributed by atoms with Gasteiger partial charge in [0.2, 0.25) is 0 Å². The first-order chi connectivity index (χ1) is 10.7. The fourth-order valence-corrected chi connectivity index (χ4v) is 3.25. The summed E-state index contributed by atoms with van der Waals surface area (Å²) in [6, 6.07) is 8.70. The molecule has 0 saturated heterocycles. The lowest BCUT2D eigenvalue weighted by Gasteiger charge is -2.10. The van der Waals surface area contributed by atoms with Crippen LogP contribution >= 0.6 is 23.2 Å². The molecule has 0 fully saturated rings. The molecule has 0 saturated carbocycles. The molecule has 1 amide bonds. The van der Waals surface area contributed by atoms with Gasteiger partial charge in [-0.3, -0.25) is 4.79 Å². The Labute approximate surface area is 148 Å². The molecule has 0 aliphatic rings. The average Bonchev–Trinajstić information content (AvgIpc) is 2.45. The molecule has 2 rings (SSSR count). The maximum Gasteiger partial charge on any atom is 0.258 e. The number of nitrogens with zero attached hydrogens (tertiary/aromatic N) is 1. The minimum absolute atomic E-state index is 0.0560. The van der Waals surface area contributed by atoms with Crippen molar-refractivity contribution in [3.8, 4) is 0 Å². The van der Waals surface area contributed by atoms with Gasteiger partial charge in [-0.25, -0.2) is 8.42 Å². The number of halogens is 2. The monoisotopic (exact) mass is 388 g/mol. The SMILES string of the molecule is CS(=O)(=O)c1cccc(NC(=O)c2c(Cl)cc(N=S)cc2Cl)c1. The van der Waals surface area contributed by atoms with Crippen molar-refractivity contribution in [2.75, 3.05) is 11.6 Å². The highest BCUT2D eigenvalue weighted by Gasteiger charge is 2.17. The van der Waals surface area contributed by atoms with Gasteiger partial charge in [0, 0.05) is 24.4 Å². The summed E-state index contributed by atoms with van der Waals surface area (Å²) in [5.74, 6) is -0.568. The Hall–Kier alpha value is -1.54. The number of nitrogens with one attached hydrogen (secondary N) is 1. The van der Waals surface area contributed by atoms with E-state index in [2.05, 4.69) is 22.1 Å². The summed E-state index contributed by atoms with van der Waals surface area (Å²) in [7, 11) is -3.38. The lowest BCUT2D eigenvalue weighted by atomic mass is 10.2. The largest absolute Gasteiger partial charge is 0.322 e. The quantitative estimate of drug-likeness (QED) is 0.857. The second kappa shape index (κ2) is 6.92. The van der Waals surface area contributed by atoms with E-state index in [1.54, 1.807) is 6.07 Å². The standard InChI is InChI=1S/C14H10Cl2N2O3S2/c1-23(20,21)10-4-2-3-8(5-10)17-14(19)13-11(15)6-9(18-22)7-12(13)16/h2-7H,1H3,(H,17,19). The molecule has 0 aliphatic heterocycles. The molecule has 2 aromatic rings. The Morgan fingerprint density at radius 3 is 2.30 bits per heavy atom. The molecule has 9 heteroatoms. The third kappa shape index (κ3) is 4.26. The van der Waals surface area contributed by atoms with Crippen LogP contribution in [0.2, 0.25) is 10.0 Å². The van der Waals surface area contributed by atoms with Gasteiger partial charge in [0.05, 0.1) is 26.2 Å². The smallest absolute Gasteiger partial charge is 0.258 e. The molecule has 5 nitrogen and oxygen atoms in total. The van der Waals surface area contributed by atoms with E-state index < -0.39 is 15.7 Å². The zero-order chi connectivity index (χ0) is 17.2. The summed E-state index contributed by atoms with van der Waals surface area (Å²) < 4.78 is 26.6. The van der Waals surface area contributed by atoms with E-state index in [0.717, 1.165) is 6.26 Å². The molecular formula is C14H10Cl2N2O3S2. The minimum atomic E-state index is -3.38. The van der Waals surface area contributed by atoms with Crippen LogP contribution in [-0.4, -0.2) is 20.6 Å². The van der Waals surface area contributed by atoms with Crippen LogP contribution in [0.3, 0.4) is 0 Å². The number of carbonyl (C=O) groups excluding carboxylic acids is 1. The van der Waals surface area contributed by atoms with Crippen molar-refractivity contribution in [1.82, 2.24) is 0 Å². The number of hydrogen-bond donors (Lipinski definition) is 1. The first kappa shape index (κ1) is 17.8. The molecule has 0 unspecified atom stereocenters. The van der Waals surface area contributed by atoms with Crippen LogP contribution in [0.5, 0.6) is 0 Å². The Balaban J connectivity index is 2.35. The molecule has 0 atom stereocenters. The molecule has 2 aromatic carbocycles. The van der Waals surface area contributed by atoms with E-state index in [1.165, 1.54) is 30.3 Å². The van der Waals surface area contributed by atoms with Crippen LogP contribution in [0.1, 0.15) is 10.4 Å². The van der Waals surface area contributed by atoms with Crippen molar-refractivity contribution in [3.05, 3.63) is 52.0 Å². The van der Waals surface area contributed by atoms with Gasteiger partial charge in [0.25, 0.3) is 5.91 Å². The summed E-state index contributed by atoms with van der Waals surface area (Å²) >= 11 is 16.6. The van der Waals surface area contributed by atoms with Crippen molar-refractivity contribution >= 4 is 62.7 Å². The lowest BCUT2D eigenvalue weighted by molar-refractivity contribution is 0.102. The van der Waals surface area contributed by atoms with Gasteiger partial charge in [-0.2, -0.15) is 4.36 Å². The van der Waals surface area contributed by atoms with E-state index in [9.17, 15) is 13.2 Å². The molecule has 1 N–H and O–H groups in total. The Morgan fingerprint density at radius 2 is 1.78 bits per heavy atom. The van der Waals surface area contributed by atoms with Gasteiger partial charge < -0.3 is 5.32 Å². The summed E-state index contributed by atoms with van der Waals surface area (Å²) in [6.45, 7) is 0. The molecule has 0 heterocycles. The van der Waals surface area contributed by atoms with Crippen LogP contribution < -0.4 is 5.32 Å². The van der Waals surface area contributed by atoms with E-state index >= 15 is 0 Å². The number of rotatable bonds is 4. The summed E-state index contributed by atoms with van der Waals surface area (Å²) in [5.41, 5.74) is 0.730. The number of carbonyl (C=O) groups is 1. The average molecular weight is 389 g/mol. The highest BCUT2D eigenvalue weighted by Crippen LogP contribution is 2.31. The second-order valence-corrected chi connectivity index (χ2v) is 7.64. The Kier molecular flexibility index (Phi) is 5.36. The van der Waals surface area contributed by atoms with Crippen molar-refractivity contribution in [2.24, 2.45) is 4.36 Å². The highest BCUT2D eigenvalue weighted by atomic mass is 35.5. The van der Waals surface area contributed by atoms with Crippen LogP contribution in [0.25, 0.3) is 0 Å². The molecule has 0 aromatic heterocycles. The van der Waals surface area contributed by atoms with Crippen molar-refractivity contribution in [3.63, 3.8) is 0 Å². The first-order valence-electron chi connectivity index (χ1n) is 6.16. The summed E-state index contributed by atoms with van der Waals surface area (Å²) in [5, 5.41) is 2.75. The van der Waals surface area contributed by atoms with Crippen molar-refractivity contribution in [2.45, 2.75) is 4.90 Å². The van der Waals surface area contributed by atoms with Crippen LogP contribution in [-0.2, 0) is 22.3 Å². The van der Waals surface area contributed by atoms with Gasteiger partial charge in [-0.15, -0.1) is 0 Å². The normalized spacial score (nSPS) is 11.1. The number of anilines is 1. The molecule has 0 bridgehead atoms. The van der Waals surface area contributed by atoms with E-state index in [4.69, 9.17) is 23.2 Å². The third-order valence-corrected chi connectivity index (χ3v) is 4.80. The van der Waals surface area contributed by atoms with E-state index in [1.807, 2.05) is 0 Å². The van der Waals surface area contributed by atoms with E-state index in [-0.39, 0.29) is 20.5 Å². The van der Waals surface area contributed by atoms with Crippen LogP contribution in [0.4, 0.5) is 11.4 Å². The topological polar surface area (TPSA) is 75.6 Å². The fourth-order valence-electron chi connectivity index (χ4n) is 1.83. The molecule has 120 valence electrons. The maximum absolute atomic E-state index is 12.3. The third-order valence-electron chi connectivity index (χ3n) is 2.88. The molecule has 0 spiro atoms. The second-order valence-electron chi connectivity index (χ2n) is 4.63. The van der Waals surface area contributed by atoms with Gasteiger partial charge in [-0.05, 0) is 30.3 Å². The molecule has 0 aliphatic carbocycles. The van der Waals surface area contributed by atoms with Crippen LogP contribution in [0.15, 0.2) is 45.7 Å². The van der Waals surface area contributed by atoms with Gasteiger partial charge in [0.1, 0.15) is 0 Å². The number of sulfone groups is 1. The fraction of sp³-hybridized carbons (Fsp3) is 0.0714. The van der Waals surface area contributed by atoms with Gasteiger partial charge >= 0.3 is 0 Å². The number of hydrogen-bond acceptors (Lipinski definition) is 5. The zero-order valence-corrected chi connectivity index (χ0v) is 14.9. The van der Waals surface area contributed by atoms with Gasteiger partial charge in [0.15, 0.2) is 9.84 Å². The molecular weight excluding hydrogens is 379 g/mol. The maximum atomic E-state index is 12.3. The number of amides is 1. The highest BCUT2D eigenvalue weighted by molar-refractivity contribution is 7.90. The number of benzene rings is 2. The first-order valence-corrected chi connectivity index (χ1v) is 9.17. The lowest BCUT2D eigenvalue weighted by Crippen LogP contribution is -2.13. The van der Waals surface area contributed by atoms with Crippen molar-refractivity contribution in [1.29, 1.82) is 0 Å². The molecule has 23 heavy (non-hydrogen) atoms. The Bertz CT molecular complexity index is 876. The van der Waals surface area contributed by atoms with Crippen molar-refractivity contribution < 1.29 is 13.2 Å². The predicted molar refractivity (Wildman–Crippen MR) is 93.4 cm³/mol. The minimum Gasteiger partial charge on any atom is -0.322 e. The zero-order valence-electron chi connectivity index (χ0n) is 11.7. The van der Waals surface area contributed by atoms with Crippen LogP contribution in [0, 0.1) is 0 Å². The summed E-state index contributed by atoms with van der Waals surface area (Å²) in [4.78, 5) is 12.4.